The summed E-state index contributed by atoms with van der Waals surface area (Å²) in [5.74, 6) is 0.848. The van der Waals surface area contributed by atoms with Gasteiger partial charge in [0.25, 0.3) is 5.56 Å². The van der Waals surface area contributed by atoms with Crippen LogP contribution in [0.4, 0.5) is 5.69 Å². The standard InChI is InChI=1S/C26H25N3O3S/c1-17(2)18-12-14-19(15-13-18)29-25(31)20-8-4-5-9-21(20)28-26(29)33-16-24(30)27-22-10-6-7-11-23(22)32-3/h4-15,17H,16H2,1-3H3,(H,27,30). The third-order valence-corrected chi connectivity index (χ3v) is 6.21. The number of carbonyl (C=O) groups is 1. The number of methoxy groups -OCH3 is 1. The molecule has 1 heterocycles. The molecule has 1 N–H and O–H groups in total. The molecule has 33 heavy (non-hydrogen) atoms. The summed E-state index contributed by atoms with van der Waals surface area (Å²) in [7, 11) is 1.56. The van der Waals surface area contributed by atoms with Gasteiger partial charge in [0.15, 0.2) is 5.16 Å². The summed E-state index contributed by atoms with van der Waals surface area (Å²) in [6.07, 6.45) is 0. The second kappa shape index (κ2) is 9.92. The summed E-state index contributed by atoms with van der Waals surface area (Å²) in [6, 6.07) is 22.4. The van der Waals surface area contributed by atoms with E-state index in [0.717, 1.165) is 5.69 Å². The zero-order valence-electron chi connectivity index (χ0n) is 18.7. The number of nitrogens with one attached hydrogen (secondary N) is 1. The van der Waals surface area contributed by atoms with Crippen molar-refractivity contribution in [3.8, 4) is 11.4 Å². The van der Waals surface area contributed by atoms with Crippen LogP contribution in [0.3, 0.4) is 0 Å². The first-order chi connectivity index (χ1) is 16.0. The number of anilines is 1. The lowest BCUT2D eigenvalue weighted by Crippen LogP contribution is -2.23. The molecule has 4 aromatic rings. The number of aromatic nitrogens is 2. The fourth-order valence-corrected chi connectivity index (χ4v) is 4.32. The van der Waals surface area contributed by atoms with Crippen molar-refractivity contribution >= 4 is 34.3 Å². The Labute approximate surface area is 196 Å². The van der Waals surface area contributed by atoms with E-state index >= 15 is 0 Å². The number of nitrogens with zero attached hydrogens (tertiary/aromatic N) is 2. The van der Waals surface area contributed by atoms with Gasteiger partial charge in [-0.3, -0.25) is 14.2 Å². The predicted molar refractivity (Wildman–Crippen MR) is 134 cm³/mol. The van der Waals surface area contributed by atoms with Gasteiger partial charge in [0.2, 0.25) is 5.91 Å². The van der Waals surface area contributed by atoms with Gasteiger partial charge in [-0.05, 0) is 47.9 Å². The van der Waals surface area contributed by atoms with Gasteiger partial charge in [0, 0.05) is 0 Å². The lowest BCUT2D eigenvalue weighted by atomic mass is 10.0. The molecule has 0 fully saturated rings. The molecule has 0 aliphatic carbocycles. The van der Waals surface area contributed by atoms with Crippen LogP contribution in [0.1, 0.15) is 25.3 Å². The average molecular weight is 460 g/mol. The van der Waals surface area contributed by atoms with E-state index in [-0.39, 0.29) is 17.2 Å². The monoisotopic (exact) mass is 459 g/mol. The molecule has 3 aromatic carbocycles. The highest BCUT2D eigenvalue weighted by molar-refractivity contribution is 7.99. The zero-order valence-corrected chi connectivity index (χ0v) is 19.6. The Hall–Kier alpha value is -3.58. The fourth-order valence-electron chi connectivity index (χ4n) is 3.51. The molecule has 0 radical (unpaired) electrons. The molecule has 0 unspecified atom stereocenters. The highest BCUT2D eigenvalue weighted by Gasteiger charge is 2.16. The maximum absolute atomic E-state index is 13.4. The van der Waals surface area contributed by atoms with E-state index in [1.807, 2.05) is 54.6 Å². The Morgan fingerprint density at radius 2 is 1.73 bits per heavy atom. The number of hydrogen-bond acceptors (Lipinski definition) is 5. The number of para-hydroxylation sites is 3. The van der Waals surface area contributed by atoms with E-state index in [0.29, 0.717) is 33.4 Å². The quantitative estimate of drug-likeness (QED) is 0.302. The van der Waals surface area contributed by atoms with E-state index in [2.05, 4.69) is 19.2 Å². The largest absolute Gasteiger partial charge is 0.495 e. The van der Waals surface area contributed by atoms with Crippen LogP contribution in [-0.4, -0.2) is 28.3 Å². The van der Waals surface area contributed by atoms with Gasteiger partial charge in [-0.1, -0.05) is 62.0 Å². The lowest BCUT2D eigenvalue weighted by molar-refractivity contribution is -0.113. The van der Waals surface area contributed by atoms with Crippen molar-refractivity contribution in [2.75, 3.05) is 18.2 Å². The number of thioether (sulfide) groups is 1. The third kappa shape index (κ3) is 4.93. The SMILES string of the molecule is COc1ccccc1NC(=O)CSc1nc2ccccc2c(=O)n1-c1ccc(C(C)C)cc1. The van der Waals surface area contributed by atoms with Gasteiger partial charge in [-0.25, -0.2) is 4.98 Å². The average Bonchev–Trinajstić information content (AvgIpc) is 2.83. The molecule has 0 aliphatic heterocycles. The first kappa shape index (κ1) is 22.6. The van der Waals surface area contributed by atoms with E-state index in [1.165, 1.54) is 17.3 Å². The van der Waals surface area contributed by atoms with Crippen molar-refractivity contribution in [1.82, 2.24) is 9.55 Å². The van der Waals surface area contributed by atoms with Gasteiger partial charge in [0.1, 0.15) is 5.75 Å². The molecular weight excluding hydrogens is 434 g/mol. The van der Waals surface area contributed by atoms with E-state index in [9.17, 15) is 9.59 Å². The number of amides is 1. The normalized spacial score (nSPS) is 11.0. The second-order valence-corrected chi connectivity index (χ2v) is 8.78. The van der Waals surface area contributed by atoms with Gasteiger partial charge in [-0.15, -0.1) is 0 Å². The van der Waals surface area contributed by atoms with Crippen molar-refractivity contribution in [2.24, 2.45) is 0 Å². The van der Waals surface area contributed by atoms with Crippen LogP contribution < -0.4 is 15.6 Å². The van der Waals surface area contributed by atoms with Crippen LogP contribution in [0, 0.1) is 0 Å². The highest BCUT2D eigenvalue weighted by atomic mass is 32.2. The maximum atomic E-state index is 13.4. The maximum Gasteiger partial charge on any atom is 0.266 e. The Morgan fingerprint density at radius 1 is 1.03 bits per heavy atom. The number of rotatable bonds is 7. The van der Waals surface area contributed by atoms with Gasteiger partial charge >= 0.3 is 0 Å². The minimum atomic E-state index is -0.214. The minimum absolute atomic E-state index is 0.0902. The Kier molecular flexibility index (Phi) is 6.79. The van der Waals surface area contributed by atoms with Crippen molar-refractivity contribution < 1.29 is 9.53 Å². The summed E-state index contributed by atoms with van der Waals surface area (Å²) in [6.45, 7) is 4.25. The molecule has 0 saturated heterocycles. The van der Waals surface area contributed by atoms with Crippen molar-refractivity contribution in [1.29, 1.82) is 0 Å². The van der Waals surface area contributed by atoms with Crippen LogP contribution in [0.2, 0.25) is 0 Å². The van der Waals surface area contributed by atoms with Crippen LogP contribution in [0.5, 0.6) is 5.75 Å². The Bertz CT molecular complexity index is 1350. The van der Waals surface area contributed by atoms with Crippen LogP contribution in [0.25, 0.3) is 16.6 Å². The third-order valence-electron chi connectivity index (χ3n) is 5.28. The molecule has 168 valence electrons. The molecule has 0 aliphatic rings. The first-order valence-electron chi connectivity index (χ1n) is 10.7. The summed E-state index contributed by atoms with van der Waals surface area (Å²) in [4.78, 5) is 30.8. The number of ether oxygens (including phenoxy) is 1. The van der Waals surface area contributed by atoms with Crippen LogP contribution in [-0.2, 0) is 4.79 Å². The molecule has 1 aromatic heterocycles. The second-order valence-electron chi connectivity index (χ2n) is 7.84. The molecule has 0 saturated carbocycles. The fraction of sp³-hybridized carbons (Fsp3) is 0.192. The number of carbonyl (C=O) groups excluding carboxylic acids is 1. The van der Waals surface area contributed by atoms with Crippen molar-refractivity contribution in [3.05, 3.63) is 88.7 Å². The number of fused-ring (bicyclic) bond motifs is 1. The number of benzene rings is 3. The van der Waals surface area contributed by atoms with Crippen LogP contribution in [0.15, 0.2) is 82.7 Å². The van der Waals surface area contributed by atoms with Gasteiger partial charge in [0.05, 0.1) is 35.1 Å². The Morgan fingerprint density at radius 3 is 2.45 bits per heavy atom. The molecule has 6 nitrogen and oxygen atoms in total. The van der Waals surface area contributed by atoms with E-state index in [4.69, 9.17) is 9.72 Å². The van der Waals surface area contributed by atoms with Gasteiger partial charge in [-0.2, -0.15) is 0 Å². The van der Waals surface area contributed by atoms with E-state index in [1.54, 1.807) is 29.9 Å². The first-order valence-corrected chi connectivity index (χ1v) is 11.6. The molecule has 7 heteroatoms. The molecule has 4 rings (SSSR count). The summed E-state index contributed by atoms with van der Waals surface area (Å²) < 4.78 is 6.87. The summed E-state index contributed by atoms with van der Waals surface area (Å²) >= 11 is 1.22. The number of hydrogen-bond donors (Lipinski definition) is 1. The van der Waals surface area contributed by atoms with Crippen molar-refractivity contribution in [3.63, 3.8) is 0 Å². The molecular formula is C26H25N3O3S. The minimum Gasteiger partial charge on any atom is -0.495 e. The highest BCUT2D eigenvalue weighted by Crippen LogP contribution is 2.25. The lowest BCUT2D eigenvalue weighted by Gasteiger charge is -2.14. The van der Waals surface area contributed by atoms with Gasteiger partial charge < -0.3 is 10.1 Å². The topological polar surface area (TPSA) is 73.2 Å². The van der Waals surface area contributed by atoms with E-state index < -0.39 is 0 Å². The Balaban J connectivity index is 1.67. The predicted octanol–water partition coefficient (Wildman–Crippen LogP) is 5.25. The van der Waals surface area contributed by atoms with Crippen molar-refractivity contribution in [2.45, 2.75) is 24.9 Å². The summed E-state index contributed by atoms with van der Waals surface area (Å²) in [5, 5.41) is 3.86. The summed E-state index contributed by atoms with van der Waals surface area (Å²) in [5.41, 5.74) is 2.94. The van der Waals surface area contributed by atoms with Crippen LogP contribution >= 0.6 is 11.8 Å². The molecule has 0 bridgehead atoms. The molecule has 1 amide bonds. The smallest absolute Gasteiger partial charge is 0.266 e. The molecule has 0 spiro atoms. The molecule has 0 atom stereocenters. The zero-order chi connectivity index (χ0) is 23.4.